The van der Waals surface area contributed by atoms with Crippen molar-refractivity contribution >= 4 is 0 Å². The predicted molar refractivity (Wildman–Crippen MR) is 117 cm³/mol. The molecule has 0 amide bonds. The standard InChI is InChI=1S/C24H50NO2/c1-7-8-9-10-13-16-19-22-23(27-24(2,3)26-22)20-17-14-11-12-15-18-21-25(4,5)6/h22-23H,7-21H2,1-6H3/q+1/t22-,23-/m0/s1. The van der Waals surface area contributed by atoms with Gasteiger partial charge < -0.3 is 14.0 Å². The molecule has 1 aliphatic heterocycles. The van der Waals surface area contributed by atoms with E-state index in [0.29, 0.717) is 12.2 Å². The molecule has 3 nitrogen and oxygen atoms in total. The van der Waals surface area contributed by atoms with E-state index >= 15 is 0 Å². The number of hydrogen-bond donors (Lipinski definition) is 0. The first-order valence-electron chi connectivity index (χ1n) is 11.9. The van der Waals surface area contributed by atoms with Gasteiger partial charge in [0.05, 0.1) is 39.9 Å². The highest BCUT2D eigenvalue weighted by Crippen LogP contribution is 2.33. The molecule has 0 spiro atoms. The van der Waals surface area contributed by atoms with Crippen LogP contribution in [0.2, 0.25) is 0 Å². The van der Waals surface area contributed by atoms with Crippen molar-refractivity contribution in [3.05, 3.63) is 0 Å². The van der Waals surface area contributed by atoms with Crippen LogP contribution >= 0.6 is 0 Å². The molecule has 0 saturated carbocycles. The molecule has 1 aliphatic rings. The van der Waals surface area contributed by atoms with E-state index in [4.69, 9.17) is 9.47 Å². The van der Waals surface area contributed by atoms with Crippen LogP contribution in [0.5, 0.6) is 0 Å². The van der Waals surface area contributed by atoms with Crippen LogP contribution < -0.4 is 0 Å². The largest absolute Gasteiger partial charge is 0.345 e. The molecule has 0 unspecified atom stereocenters. The monoisotopic (exact) mass is 384 g/mol. The second-order valence-corrected chi connectivity index (χ2v) is 10.2. The van der Waals surface area contributed by atoms with Gasteiger partial charge in [-0.05, 0) is 39.5 Å². The van der Waals surface area contributed by atoms with Crippen molar-refractivity contribution in [2.75, 3.05) is 27.7 Å². The second kappa shape index (κ2) is 13.2. The first kappa shape index (κ1) is 24.9. The summed E-state index contributed by atoms with van der Waals surface area (Å²) < 4.78 is 13.5. The van der Waals surface area contributed by atoms with Gasteiger partial charge >= 0.3 is 0 Å². The number of nitrogens with zero attached hydrogens (tertiary/aromatic N) is 1. The van der Waals surface area contributed by atoms with E-state index in [1.807, 2.05) is 0 Å². The summed E-state index contributed by atoms with van der Waals surface area (Å²) in [6.07, 6.45) is 19.2. The van der Waals surface area contributed by atoms with Crippen LogP contribution in [-0.2, 0) is 9.47 Å². The van der Waals surface area contributed by atoms with E-state index < -0.39 is 0 Å². The molecule has 0 radical (unpaired) electrons. The van der Waals surface area contributed by atoms with Crippen molar-refractivity contribution in [3.63, 3.8) is 0 Å². The lowest BCUT2D eigenvalue weighted by atomic mass is 9.99. The molecule has 0 aromatic heterocycles. The molecule has 1 heterocycles. The Balaban J connectivity index is 2.11. The molecule has 162 valence electrons. The number of ether oxygens (including phenoxy) is 2. The molecule has 0 aromatic rings. The van der Waals surface area contributed by atoms with Gasteiger partial charge in [0.15, 0.2) is 5.79 Å². The van der Waals surface area contributed by atoms with Crippen LogP contribution in [0.1, 0.15) is 111 Å². The van der Waals surface area contributed by atoms with Gasteiger partial charge in [-0.25, -0.2) is 0 Å². The first-order chi connectivity index (χ1) is 12.7. The highest BCUT2D eigenvalue weighted by atomic mass is 16.7. The van der Waals surface area contributed by atoms with Crippen LogP contribution in [0.15, 0.2) is 0 Å². The van der Waals surface area contributed by atoms with Crippen molar-refractivity contribution in [2.45, 2.75) is 129 Å². The average Bonchev–Trinajstić information content (AvgIpc) is 2.86. The Kier molecular flexibility index (Phi) is 12.2. The average molecular weight is 385 g/mol. The quantitative estimate of drug-likeness (QED) is 0.218. The zero-order valence-electron chi connectivity index (χ0n) is 19.5. The Labute approximate surface area is 170 Å². The van der Waals surface area contributed by atoms with Crippen LogP contribution in [0.4, 0.5) is 0 Å². The van der Waals surface area contributed by atoms with E-state index in [-0.39, 0.29) is 5.79 Å². The lowest BCUT2D eigenvalue weighted by Gasteiger charge is -2.23. The molecule has 1 fully saturated rings. The Morgan fingerprint density at radius 3 is 1.48 bits per heavy atom. The van der Waals surface area contributed by atoms with Gasteiger partial charge in [0.25, 0.3) is 0 Å². The summed E-state index contributed by atoms with van der Waals surface area (Å²) in [7, 11) is 6.85. The summed E-state index contributed by atoms with van der Waals surface area (Å²) in [6, 6.07) is 0. The van der Waals surface area contributed by atoms with Gasteiger partial charge in [-0.15, -0.1) is 0 Å². The Hall–Kier alpha value is -0.120. The van der Waals surface area contributed by atoms with E-state index in [2.05, 4.69) is 41.9 Å². The van der Waals surface area contributed by atoms with Crippen molar-refractivity contribution in [1.29, 1.82) is 0 Å². The topological polar surface area (TPSA) is 18.5 Å². The second-order valence-electron chi connectivity index (χ2n) is 10.2. The zero-order chi connectivity index (χ0) is 20.2. The highest BCUT2D eigenvalue weighted by Gasteiger charge is 2.40. The predicted octanol–water partition coefficient (Wildman–Crippen LogP) is 6.69. The normalized spacial score (nSPS) is 22.4. The minimum absolute atomic E-state index is 0.314. The fourth-order valence-electron chi connectivity index (χ4n) is 4.16. The summed E-state index contributed by atoms with van der Waals surface area (Å²) >= 11 is 0. The van der Waals surface area contributed by atoms with Gasteiger partial charge in [-0.3, -0.25) is 0 Å². The van der Waals surface area contributed by atoms with Crippen molar-refractivity contribution in [1.82, 2.24) is 0 Å². The van der Waals surface area contributed by atoms with Gasteiger partial charge in [0.2, 0.25) is 0 Å². The van der Waals surface area contributed by atoms with Crippen molar-refractivity contribution in [2.24, 2.45) is 0 Å². The van der Waals surface area contributed by atoms with E-state index in [1.165, 1.54) is 96.4 Å². The summed E-state index contributed by atoms with van der Waals surface area (Å²) in [5, 5.41) is 0. The van der Waals surface area contributed by atoms with E-state index in [9.17, 15) is 0 Å². The molecule has 27 heavy (non-hydrogen) atoms. The lowest BCUT2D eigenvalue weighted by Crippen LogP contribution is -2.35. The van der Waals surface area contributed by atoms with E-state index in [1.54, 1.807) is 0 Å². The summed E-state index contributed by atoms with van der Waals surface area (Å²) in [6.45, 7) is 7.73. The smallest absolute Gasteiger partial charge is 0.163 e. The van der Waals surface area contributed by atoms with Gasteiger partial charge in [-0.1, -0.05) is 71.1 Å². The van der Waals surface area contributed by atoms with Gasteiger partial charge in [0.1, 0.15) is 0 Å². The molecule has 0 bridgehead atoms. The minimum Gasteiger partial charge on any atom is -0.345 e. The number of quaternary nitrogens is 1. The lowest BCUT2D eigenvalue weighted by molar-refractivity contribution is -0.870. The summed E-state index contributed by atoms with van der Waals surface area (Å²) in [5.74, 6) is -0.386. The molecule has 2 atom stereocenters. The molecular formula is C24H50NO2+. The third kappa shape index (κ3) is 12.9. The number of rotatable bonds is 16. The van der Waals surface area contributed by atoms with Crippen molar-refractivity contribution in [3.8, 4) is 0 Å². The maximum atomic E-state index is 6.22. The maximum absolute atomic E-state index is 6.22. The molecule has 3 heteroatoms. The molecule has 0 aliphatic carbocycles. The Morgan fingerprint density at radius 2 is 1.04 bits per heavy atom. The SMILES string of the molecule is CCCCCCCC[C@@H]1OC(C)(C)O[C@H]1CCCCCCCC[N+](C)(C)C. The van der Waals surface area contributed by atoms with Crippen LogP contribution in [0.3, 0.4) is 0 Å². The zero-order valence-corrected chi connectivity index (χ0v) is 19.5. The highest BCUT2D eigenvalue weighted by molar-refractivity contribution is 4.81. The van der Waals surface area contributed by atoms with Crippen LogP contribution in [0.25, 0.3) is 0 Å². The molecule has 0 N–H and O–H groups in total. The van der Waals surface area contributed by atoms with Gasteiger partial charge in [-0.2, -0.15) is 0 Å². The summed E-state index contributed by atoms with van der Waals surface area (Å²) in [4.78, 5) is 0. The minimum atomic E-state index is -0.386. The van der Waals surface area contributed by atoms with Crippen LogP contribution in [0, 0.1) is 0 Å². The van der Waals surface area contributed by atoms with Crippen molar-refractivity contribution < 1.29 is 14.0 Å². The Bertz CT molecular complexity index is 362. The molecule has 1 rings (SSSR count). The summed E-state index contributed by atoms with van der Waals surface area (Å²) in [5.41, 5.74) is 0. The fraction of sp³-hybridized carbons (Fsp3) is 1.00. The number of hydrogen-bond acceptors (Lipinski definition) is 2. The molecule has 0 aromatic carbocycles. The van der Waals surface area contributed by atoms with Crippen LogP contribution in [-0.4, -0.2) is 50.2 Å². The first-order valence-corrected chi connectivity index (χ1v) is 11.9. The molecular weight excluding hydrogens is 334 g/mol. The fourth-order valence-corrected chi connectivity index (χ4v) is 4.16. The Morgan fingerprint density at radius 1 is 0.630 bits per heavy atom. The van der Waals surface area contributed by atoms with Gasteiger partial charge in [0, 0.05) is 0 Å². The third-order valence-electron chi connectivity index (χ3n) is 5.69. The number of unbranched alkanes of at least 4 members (excludes halogenated alkanes) is 10. The third-order valence-corrected chi connectivity index (χ3v) is 5.69. The molecule has 1 saturated heterocycles. The van der Waals surface area contributed by atoms with E-state index in [0.717, 1.165) is 4.48 Å². The maximum Gasteiger partial charge on any atom is 0.163 e.